The Morgan fingerprint density at radius 3 is 2.76 bits per heavy atom. The molecule has 0 unspecified atom stereocenters. The van der Waals surface area contributed by atoms with Gasteiger partial charge in [0.15, 0.2) is 0 Å². The minimum Gasteiger partial charge on any atom is -0.319 e. The Kier molecular flexibility index (Phi) is 3.10. The van der Waals surface area contributed by atoms with Gasteiger partial charge in [0.2, 0.25) is 0 Å². The average Bonchev–Trinajstić information content (AvgIpc) is 2.68. The molecule has 17 heavy (non-hydrogen) atoms. The fourth-order valence-corrected chi connectivity index (χ4v) is 1.64. The van der Waals surface area contributed by atoms with E-state index >= 15 is 0 Å². The molecule has 0 atom stereocenters. The molecular formula is C11H11ClN4O. The Balaban J connectivity index is 2.22. The van der Waals surface area contributed by atoms with Gasteiger partial charge in [0.1, 0.15) is 10.8 Å². The van der Waals surface area contributed by atoms with E-state index in [0.717, 1.165) is 0 Å². The number of amides is 1. The molecule has 0 spiro atoms. The lowest BCUT2D eigenvalue weighted by Gasteiger charge is -2.07. The molecule has 0 aromatic carbocycles. The van der Waals surface area contributed by atoms with E-state index in [1.807, 2.05) is 0 Å². The van der Waals surface area contributed by atoms with Crippen LogP contribution < -0.4 is 5.32 Å². The number of nitrogens with one attached hydrogen (secondary N) is 1. The van der Waals surface area contributed by atoms with Crippen molar-refractivity contribution < 1.29 is 4.79 Å². The van der Waals surface area contributed by atoms with Crippen molar-refractivity contribution in [3.8, 4) is 0 Å². The van der Waals surface area contributed by atoms with Crippen LogP contribution in [0.5, 0.6) is 0 Å². The van der Waals surface area contributed by atoms with Crippen LogP contribution in [0.4, 0.5) is 5.69 Å². The highest BCUT2D eigenvalue weighted by Crippen LogP contribution is 2.16. The van der Waals surface area contributed by atoms with Crippen LogP contribution in [0, 0.1) is 6.92 Å². The summed E-state index contributed by atoms with van der Waals surface area (Å²) in [6.45, 7) is 1.78. The molecule has 2 heterocycles. The van der Waals surface area contributed by atoms with E-state index in [1.54, 1.807) is 38.4 Å². The van der Waals surface area contributed by atoms with E-state index in [4.69, 9.17) is 11.6 Å². The topological polar surface area (TPSA) is 59.8 Å². The third-order valence-electron chi connectivity index (χ3n) is 2.35. The van der Waals surface area contributed by atoms with Crippen molar-refractivity contribution in [2.75, 3.05) is 5.32 Å². The Morgan fingerprint density at radius 1 is 1.41 bits per heavy atom. The molecule has 1 N–H and O–H groups in total. The fourth-order valence-electron chi connectivity index (χ4n) is 1.45. The van der Waals surface area contributed by atoms with Crippen LogP contribution in [0.3, 0.4) is 0 Å². The zero-order chi connectivity index (χ0) is 12.4. The summed E-state index contributed by atoms with van der Waals surface area (Å²) in [6, 6.07) is 5.00. The van der Waals surface area contributed by atoms with E-state index in [1.165, 1.54) is 4.68 Å². The van der Waals surface area contributed by atoms with Gasteiger partial charge in [-0.1, -0.05) is 11.6 Å². The van der Waals surface area contributed by atoms with Crippen LogP contribution >= 0.6 is 11.6 Å². The van der Waals surface area contributed by atoms with Crippen molar-refractivity contribution in [2.45, 2.75) is 6.92 Å². The van der Waals surface area contributed by atoms with E-state index in [2.05, 4.69) is 15.4 Å². The predicted octanol–water partition coefficient (Wildman–Crippen LogP) is 2.03. The second-order valence-corrected chi connectivity index (χ2v) is 3.95. The minimum absolute atomic E-state index is 0.225. The second kappa shape index (κ2) is 4.55. The molecule has 0 saturated carbocycles. The van der Waals surface area contributed by atoms with E-state index < -0.39 is 0 Å². The zero-order valence-corrected chi connectivity index (χ0v) is 10.2. The highest BCUT2D eigenvalue weighted by Gasteiger charge is 2.11. The van der Waals surface area contributed by atoms with Gasteiger partial charge in [-0.05, 0) is 25.1 Å². The maximum Gasteiger partial charge on any atom is 0.273 e. The molecule has 5 nitrogen and oxygen atoms in total. The van der Waals surface area contributed by atoms with E-state index in [-0.39, 0.29) is 5.91 Å². The standard InChI is InChI=1S/C11H11ClN4O/c1-7-8(3-4-10(12)14-7)15-11(17)9-5-6-13-16(9)2/h3-6H,1-2H3,(H,15,17). The van der Waals surface area contributed by atoms with Crippen molar-refractivity contribution >= 4 is 23.2 Å². The highest BCUT2D eigenvalue weighted by molar-refractivity contribution is 6.29. The Morgan fingerprint density at radius 2 is 2.18 bits per heavy atom. The van der Waals surface area contributed by atoms with Crippen LogP contribution in [-0.2, 0) is 7.05 Å². The van der Waals surface area contributed by atoms with Crippen LogP contribution in [-0.4, -0.2) is 20.7 Å². The van der Waals surface area contributed by atoms with Crippen LogP contribution in [0.15, 0.2) is 24.4 Å². The summed E-state index contributed by atoms with van der Waals surface area (Å²) in [5, 5.41) is 7.10. The summed E-state index contributed by atoms with van der Waals surface area (Å²) in [4.78, 5) is 16.0. The molecule has 0 radical (unpaired) electrons. The summed E-state index contributed by atoms with van der Waals surface area (Å²) in [5.41, 5.74) is 1.80. The monoisotopic (exact) mass is 250 g/mol. The summed E-state index contributed by atoms with van der Waals surface area (Å²) in [7, 11) is 1.71. The molecule has 0 aliphatic heterocycles. The summed E-state index contributed by atoms with van der Waals surface area (Å²) < 4.78 is 1.51. The van der Waals surface area contributed by atoms with Crippen molar-refractivity contribution in [1.82, 2.24) is 14.8 Å². The van der Waals surface area contributed by atoms with Crippen molar-refractivity contribution in [3.05, 3.63) is 40.9 Å². The largest absolute Gasteiger partial charge is 0.319 e. The molecule has 2 aromatic heterocycles. The molecular weight excluding hydrogens is 240 g/mol. The Bertz CT molecular complexity index is 564. The Hall–Kier alpha value is -1.88. The third-order valence-corrected chi connectivity index (χ3v) is 2.56. The SMILES string of the molecule is Cc1nc(Cl)ccc1NC(=O)c1ccnn1C. The van der Waals surface area contributed by atoms with Gasteiger partial charge in [0.25, 0.3) is 5.91 Å². The summed E-state index contributed by atoms with van der Waals surface area (Å²) in [5.74, 6) is -0.225. The number of hydrogen-bond acceptors (Lipinski definition) is 3. The molecule has 0 bridgehead atoms. The maximum atomic E-state index is 11.9. The summed E-state index contributed by atoms with van der Waals surface area (Å²) in [6.07, 6.45) is 1.57. The molecule has 2 rings (SSSR count). The number of hydrogen-bond donors (Lipinski definition) is 1. The number of aromatic nitrogens is 3. The smallest absolute Gasteiger partial charge is 0.273 e. The lowest BCUT2D eigenvalue weighted by atomic mass is 10.3. The van der Waals surface area contributed by atoms with Gasteiger partial charge in [-0.25, -0.2) is 4.98 Å². The van der Waals surface area contributed by atoms with Gasteiger partial charge < -0.3 is 5.32 Å². The van der Waals surface area contributed by atoms with E-state index in [0.29, 0.717) is 22.2 Å². The van der Waals surface area contributed by atoms with Crippen molar-refractivity contribution in [1.29, 1.82) is 0 Å². The highest BCUT2D eigenvalue weighted by atomic mass is 35.5. The van der Waals surface area contributed by atoms with Gasteiger partial charge in [-0.3, -0.25) is 9.48 Å². The van der Waals surface area contributed by atoms with Gasteiger partial charge in [-0.15, -0.1) is 0 Å². The minimum atomic E-state index is -0.225. The number of halogens is 1. The summed E-state index contributed by atoms with van der Waals surface area (Å²) >= 11 is 5.74. The fraction of sp³-hybridized carbons (Fsp3) is 0.182. The van der Waals surface area contributed by atoms with Gasteiger partial charge in [-0.2, -0.15) is 5.10 Å². The molecule has 0 aliphatic rings. The maximum absolute atomic E-state index is 11.9. The molecule has 2 aromatic rings. The quantitative estimate of drug-likeness (QED) is 0.830. The number of carbonyl (C=O) groups excluding carboxylic acids is 1. The van der Waals surface area contributed by atoms with Crippen LogP contribution in [0.25, 0.3) is 0 Å². The van der Waals surface area contributed by atoms with Gasteiger partial charge in [0, 0.05) is 13.2 Å². The number of aryl methyl sites for hydroxylation is 2. The van der Waals surface area contributed by atoms with Crippen molar-refractivity contribution in [3.63, 3.8) is 0 Å². The first-order valence-corrected chi connectivity index (χ1v) is 5.38. The van der Waals surface area contributed by atoms with Gasteiger partial charge >= 0.3 is 0 Å². The first-order valence-electron chi connectivity index (χ1n) is 5.00. The normalized spacial score (nSPS) is 10.3. The second-order valence-electron chi connectivity index (χ2n) is 3.56. The van der Waals surface area contributed by atoms with Gasteiger partial charge in [0.05, 0.1) is 11.4 Å². The lowest BCUT2D eigenvalue weighted by Crippen LogP contribution is -2.16. The molecule has 88 valence electrons. The molecule has 0 aliphatic carbocycles. The molecule has 1 amide bonds. The third kappa shape index (κ3) is 2.45. The predicted molar refractivity (Wildman–Crippen MR) is 65.1 cm³/mol. The van der Waals surface area contributed by atoms with E-state index in [9.17, 15) is 4.79 Å². The first-order chi connectivity index (χ1) is 8.08. The Labute approximate surface area is 103 Å². The number of nitrogens with zero attached hydrogens (tertiary/aromatic N) is 3. The molecule has 0 saturated heterocycles. The zero-order valence-electron chi connectivity index (χ0n) is 9.44. The molecule has 0 fully saturated rings. The first kappa shape index (κ1) is 11.6. The van der Waals surface area contributed by atoms with Crippen LogP contribution in [0.1, 0.15) is 16.2 Å². The van der Waals surface area contributed by atoms with Crippen molar-refractivity contribution in [2.24, 2.45) is 7.05 Å². The number of rotatable bonds is 2. The number of anilines is 1. The lowest BCUT2D eigenvalue weighted by molar-refractivity contribution is 0.101. The number of carbonyl (C=O) groups is 1. The molecule has 6 heteroatoms. The van der Waals surface area contributed by atoms with Crippen LogP contribution in [0.2, 0.25) is 5.15 Å². The average molecular weight is 251 g/mol. The number of pyridine rings is 1.